The molecule has 1 atom stereocenters. The van der Waals surface area contributed by atoms with Crippen LogP contribution >= 0.6 is 0 Å². The highest BCUT2D eigenvalue weighted by molar-refractivity contribution is 5.31. The van der Waals surface area contributed by atoms with E-state index < -0.39 is 18.7 Å². The smallest absolute Gasteiger partial charge is 0.388 e. The minimum Gasteiger partial charge on any atom is -0.388 e. The van der Waals surface area contributed by atoms with Crippen LogP contribution in [-0.2, 0) is 0 Å². The second-order valence-electron chi connectivity index (χ2n) is 4.37. The molecule has 0 amide bonds. The Morgan fingerprint density at radius 2 is 1.82 bits per heavy atom. The molecule has 0 saturated carbocycles. The maximum absolute atomic E-state index is 11.9. The molecule has 0 aliphatic rings. The van der Waals surface area contributed by atoms with Gasteiger partial charge in [0.25, 0.3) is 0 Å². The topological polar surface area (TPSA) is 20.2 Å². The predicted octanol–water partition coefficient (Wildman–Crippen LogP) is 4.07. The van der Waals surface area contributed by atoms with Crippen molar-refractivity contribution in [3.05, 3.63) is 34.9 Å². The fourth-order valence-corrected chi connectivity index (χ4v) is 1.63. The quantitative estimate of drug-likeness (QED) is 0.849. The van der Waals surface area contributed by atoms with Gasteiger partial charge >= 0.3 is 6.18 Å². The van der Waals surface area contributed by atoms with Gasteiger partial charge in [0, 0.05) is 6.42 Å². The van der Waals surface area contributed by atoms with E-state index in [1.165, 1.54) is 0 Å². The van der Waals surface area contributed by atoms with Crippen molar-refractivity contribution >= 4 is 0 Å². The summed E-state index contributed by atoms with van der Waals surface area (Å²) in [6.07, 6.45) is -5.69. The monoisotopic (exact) mass is 246 g/mol. The number of aryl methyl sites for hydroxylation is 2. The van der Waals surface area contributed by atoms with Crippen LogP contribution in [0.25, 0.3) is 0 Å². The molecular weight excluding hydrogens is 229 g/mol. The first-order valence-electron chi connectivity index (χ1n) is 5.61. The molecule has 1 nitrogen and oxygen atoms in total. The molecule has 1 rings (SSSR count). The van der Waals surface area contributed by atoms with E-state index in [2.05, 4.69) is 0 Å². The van der Waals surface area contributed by atoms with Gasteiger partial charge in [-0.2, -0.15) is 13.2 Å². The number of hydrogen-bond acceptors (Lipinski definition) is 1. The highest BCUT2D eigenvalue weighted by atomic mass is 19.4. The summed E-state index contributed by atoms with van der Waals surface area (Å²) in [4.78, 5) is 0. The summed E-state index contributed by atoms with van der Waals surface area (Å²) in [5, 5.41) is 9.77. The van der Waals surface area contributed by atoms with E-state index in [9.17, 15) is 18.3 Å². The summed E-state index contributed by atoms with van der Waals surface area (Å²) in [5.74, 6) is 0. The third-order valence-corrected chi connectivity index (χ3v) is 2.85. The van der Waals surface area contributed by atoms with Gasteiger partial charge in [0.05, 0.1) is 6.10 Å². The summed E-state index contributed by atoms with van der Waals surface area (Å²) >= 11 is 0. The van der Waals surface area contributed by atoms with Crippen molar-refractivity contribution in [3.63, 3.8) is 0 Å². The molecule has 0 aromatic heterocycles. The Balaban J connectivity index is 2.52. The number of benzene rings is 1. The Kier molecular flexibility index (Phi) is 4.57. The van der Waals surface area contributed by atoms with Gasteiger partial charge in [-0.1, -0.05) is 18.2 Å². The first-order chi connectivity index (χ1) is 7.79. The summed E-state index contributed by atoms with van der Waals surface area (Å²) in [6.45, 7) is 3.87. The van der Waals surface area contributed by atoms with Crippen molar-refractivity contribution in [2.45, 2.75) is 45.4 Å². The SMILES string of the molecule is Cc1ccc(C(O)CCCC(F)(F)F)cc1C. The van der Waals surface area contributed by atoms with E-state index in [0.29, 0.717) is 5.56 Å². The van der Waals surface area contributed by atoms with Crippen molar-refractivity contribution in [2.24, 2.45) is 0 Å². The molecule has 1 aromatic rings. The molecule has 0 fully saturated rings. The van der Waals surface area contributed by atoms with Gasteiger partial charge in [-0.3, -0.25) is 0 Å². The maximum atomic E-state index is 11.9. The summed E-state index contributed by atoms with van der Waals surface area (Å²) in [6, 6.07) is 5.46. The van der Waals surface area contributed by atoms with Crippen LogP contribution < -0.4 is 0 Å². The molecule has 1 N–H and O–H groups in total. The van der Waals surface area contributed by atoms with E-state index >= 15 is 0 Å². The summed E-state index contributed by atoms with van der Waals surface area (Å²) < 4.78 is 35.8. The number of rotatable bonds is 4. The largest absolute Gasteiger partial charge is 0.389 e. The number of halogens is 3. The Morgan fingerprint density at radius 3 is 2.35 bits per heavy atom. The number of hydrogen-bond donors (Lipinski definition) is 1. The van der Waals surface area contributed by atoms with Gasteiger partial charge in [-0.25, -0.2) is 0 Å². The van der Waals surface area contributed by atoms with Gasteiger partial charge in [0.15, 0.2) is 0 Å². The average molecular weight is 246 g/mol. The predicted molar refractivity (Wildman–Crippen MR) is 60.8 cm³/mol. The second-order valence-corrected chi connectivity index (χ2v) is 4.37. The Labute approximate surface area is 99.3 Å². The molecule has 1 unspecified atom stereocenters. The van der Waals surface area contributed by atoms with E-state index in [1.54, 1.807) is 6.07 Å². The van der Waals surface area contributed by atoms with Crippen LogP contribution in [0.2, 0.25) is 0 Å². The number of alkyl halides is 3. The minimum absolute atomic E-state index is 0.0441. The molecule has 0 bridgehead atoms. The van der Waals surface area contributed by atoms with Gasteiger partial charge in [-0.05, 0) is 43.4 Å². The van der Waals surface area contributed by atoms with E-state index in [1.807, 2.05) is 26.0 Å². The Bertz CT molecular complexity index is 371. The Morgan fingerprint density at radius 1 is 1.18 bits per heavy atom. The van der Waals surface area contributed by atoms with Crippen molar-refractivity contribution in [2.75, 3.05) is 0 Å². The lowest BCUT2D eigenvalue weighted by molar-refractivity contribution is -0.136. The Hall–Kier alpha value is -1.03. The molecular formula is C13H17F3O. The van der Waals surface area contributed by atoms with E-state index in [0.717, 1.165) is 11.1 Å². The van der Waals surface area contributed by atoms with Gasteiger partial charge in [0.2, 0.25) is 0 Å². The third-order valence-electron chi connectivity index (χ3n) is 2.85. The average Bonchev–Trinajstić information content (AvgIpc) is 2.20. The normalized spacial score (nSPS) is 13.8. The molecule has 96 valence electrons. The van der Waals surface area contributed by atoms with Gasteiger partial charge in [-0.15, -0.1) is 0 Å². The molecule has 0 heterocycles. The van der Waals surface area contributed by atoms with Crippen LogP contribution in [-0.4, -0.2) is 11.3 Å². The molecule has 17 heavy (non-hydrogen) atoms. The maximum Gasteiger partial charge on any atom is 0.389 e. The fraction of sp³-hybridized carbons (Fsp3) is 0.538. The lowest BCUT2D eigenvalue weighted by Gasteiger charge is -2.13. The third kappa shape index (κ3) is 4.77. The molecule has 1 aromatic carbocycles. The molecule has 0 aliphatic carbocycles. The van der Waals surface area contributed by atoms with Crippen molar-refractivity contribution < 1.29 is 18.3 Å². The van der Waals surface area contributed by atoms with Crippen molar-refractivity contribution in [1.82, 2.24) is 0 Å². The zero-order chi connectivity index (χ0) is 13.1. The molecule has 4 heteroatoms. The van der Waals surface area contributed by atoms with Crippen molar-refractivity contribution in [1.29, 1.82) is 0 Å². The molecule has 0 saturated heterocycles. The van der Waals surface area contributed by atoms with Crippen LogP contribution in [0.15, 0.2) is 18.2 Å². The number of aliphatic hydroxyl groups excluding tert-OH is 1. The summed E-state index contributed by atoms with van der Waals surface area (Å²) in [5.41, 5.74) is 2.84. The zero-order valence-corrected chi connectivity index (χ0v) is 10.0. The van der Waals surface area contributed by atoms with Crippen LogP contribution in [0.4, 0.5) is 13.2 Å². The first-order valence-corrected chi connectivity index (χ1v) is 5.61. The van der Waals surface area contributed by atoms with Crippen molar-refractivity contribution in [3.8, 4) is 0 Å². The first kappa shape index (κ1) is 14.0. The highest BCUT2D eigenvalue weighted by Gasteiger charge is 2.26. The van der Waals surface area contributed by atoms with Crippen LogP contribution in [0.1, 0.15) is 42.1 Å². The lowest BCUT2D eigenvalue weighted by atomic mass is 9.99. The van der Waals surface area contributed by atoms with E-state index in [-0.39, 0.29) is 12.8 Å². The highest BCUT2D eigenvalue weighted by Crippen LogP contribution is 2.26. The van der Waals surface area contributed by atoms with Crippen LogP contribution in [0.5, 0.6) is 0 Å². The van der Waals surface area contributed by atoms with Crippen LogP contribution in [0.3, 0.4) is 0 Å². The molecule has 0 aliphatic heterocycles. The van der Waals surface area contributed by atoms with E-state index in [4.69, 9.17) is 0 Å². The second kappa shape index (κ2) is 5.54. The molecule has 0 radical (unpaired) electrons. The van der Waals surface area contributed by atoms with Crippen LogP contribution in [0, 0.1) is 13.8 Å². The summed E-state index contributed by atoms with van der Waals surface area (Å²) in [7, 11) is 0. The zero-order valence-electron chi connectivity index (χ0n) is 10.0. The fourth-order valence-electron chi connectivity index (χ4n) is 1.63. The molecule has 0 spiro atoms. The van der Waals surface area contributed by atoms with Gasteiger partial charge < -0.3 is 5.11 Å². The minimum atomic E-state index is -4.14. The number of aliphatic hydroxyl groups is 1. The lowest BCUT2D eigenvalue weighted by Crippen LogP contribution is -2.08. The standard InChI is InChI=1S/C13H17F3O/c1-9-5-6-11(8-10(9)2)12(17)4-3-7-13(14,15)16/h5-6,8,12,17H,3-4,7H2,1-2H3. The van der Waals surface area contributed by atoms with Gasteiger partial charge in [0.1, 0.15) is 0 Å².